The summed E-state index contributed by atoms with van der Waals surface area (Å²) in [5, 5.41) is 3.70. The molecule has 1 fully saturated rings. The van der Waals surface area contributed by atoms with Gasteiger partial charge in [-0.1, -0.05) is 38.0 Å². The average Bonchev–Trinajstić information content (AvgIpc) is 3.26. The Labute approximate surface area is 117 Å². The maximum Gasteiger partial charge on any atom is 0.122 e. The Morgan fingerprint density at radius 2 is 2.11 bits per heavy atom. The fourth-order valence-corrected chi connectivity index (χ4v) is 2.61. The zero-order chi connectivity index (χ0) is 13.5. The normalized spacial score (nSPS) is 16.3. The second-order valence-corrected chi connectivity index (χ2v) is 5.69. The lowest BCUT2D eigenvalue weighted by Crippen LogP contribution is -2.32. The number of ether oxygens (including phenoxy) is 1. The summed E-state index contributed by atoms with van der Waals surface area (Å²) in [5.74, 6) is 2.04. The highest BCUT2D eigenvalue weighted by molar-refractivity contribution is 5.33. The van der Waals surface area contributed by atoms with Crippen LogP contribution in [0.1, 0.15) is 44.6 Å². The van der Waals surface area contributed by atoms with Crippen molar-refractivity contribution in [1.82, 2.24) is 5.32 Å². The molecule has 0 radical (unpaired) electrons. The summed E-state index contributed by atoms with van der Waals surface area (Å²) >= 11 is 0. The van der Waals surface area contributed by atoms with Crippen LogP contribution in [0.3, 0.4) is 0 Å². The molecule has 2 rings (SSSR count). The molecule has 1 unspecified atom stereocenters. The van der Waals surface area contributed by atoms with Crippen LogP contribution in [0, 0.1) is 5.92 Å². The summed E-state index contributed by atoms with van der Waals surface area (Å²) in [6.45, 7) is 3.35. The van der Waals surface area contributed by atoms with Crippen molar-refractivity contribution in [1.29, 1.82) is 0 Å². The summed E-state index contributed by atoms with van der Waals surface area (Å²) in [7, 11) is 1.76. The first-order valence-corrected chi connectivity index (χ1v) is 7.68. The second-order valence-electron chi connectivity index (χ2n) is 5.69. The van der Waals surface area contributed by atoms with E-state index in [1.165, 1.54) is 37.7 Å². The molecule has 1 aliphatic carbocycles. The largest absolute Gasteiger partial charge is 0.496 e. The van der Waals surface area contributed by atoms with Crippen molar-refractivity contribution in [2.75, 3.05) is 13.7 Å². The molecule has 0 aliphatic heterocycles. The Kier molecular flexibility index (Phi) is 5.71. The quantitative estimate of drug-likeness (QED) is 0.730. The fraction of sp³-hybridized carbons (Fsp3) is 0.647. The van der Waals surface area contributed by atoms with E-state index >= 15 is 0 Å². The predicted molar refractivity (Wildman–Crippen MR) is 80.7 cm³/mol. The Bertz CT molecular complexity index is 373. The summed E-state index contributed by atoms with van der Waals surface area (Å²) < 4.78 is 5.46. The number of hydrogen-bond donors (Lipinski definition) is 1. The van der Waals surface area contributed by atoms with Gasteiger partial charge in [-0.3, -0.25) is 0 Å². The van der Waals surface area contributed by atoms with Crippen LogP contribution in [0.25, 0.3) is 0 Å². The van der Waals surface area contributed by atoms with Gasteiger partial charge < -0.3 is 10.1 Å². The van der Waals surface area contributed by atoms with Crippen molar-refractivity contribution in [3.63, 3.8) is 0 Å². The van der Waals surface area contributed by atoms with Crippen molar-refractivity contribution >= 4 is 0 Å². The van der Waals surface area contributed by atoms with Crippen LogP contribution in [-0.2, 0) is 6.42 Å². The van der Waals surface area contributed by atoms with Crippen molar-refractivity contribution in [3.8, 4) is 5.75 Å². The monoisotopic (exact) mass is 261 g/mol. The highest BCUT2D eigenvalue weighted by Gasteiger charge is 2.22. The maximum absolute atomic E-state index is 5.46. The molecule has 0 spiro atoms. The molecule has 0 aromatic heterocycles. The van der Waals surface area contributed by atoms with Crippen LogP contribution in [0.2, 0.25) is 0 Å². The van der Waals surface area contributed by atoms with Gasteiger partial charge in [0.25, 0.3) is 0 Å². The van der Waals surface area contributed by atoms with E-state index in [4.69, 9.17) is 4.74 Å². The van der Waals surface area contributed by atoms with Gasteiger partial charge in [0.1, 0.15) is 5.75 Å². The van der Waals surface area contributed by atoms with Crippen LogP contribution >= 0.6 is 0 Å². The summed E-state index contributed by atoms with van der Waals surface area (Å²) in [6.07, 6.45) is 7.87. The molecule has 1 aromatic carbocycles. The molecule has 0 amide bonds. The molecule has 1 N–H and O–H groups in total. The van der Waals surface area contributed by atoms with E-state index in [-0.39, 0.29) is 0 Å². The standard InChI is InChI=1S/C17H27NO/c1-3-12-18-16(11-10-14-8-9-14)13-15-6-4-5-7-17(15)19-2/h4-7,14,16,18H,3,8-13H2,1-2H3. The lowest BCUT2D eigenvalue weighted by molar-refractivity contribution is 0.399. The Morgan fingerprint density at radius 1 is 1.32 bits per heavy atom. The third-order valence-electron chi connectivity index (χ3n) is 3.96. The van der Waals surface area contributed by atoms with Gasteiger partial charge in [0, 0.05) is 6.04 Å². The number of methoxy groups -OCH3 is 1. The minimum absolute atomic E-state index is 0.594. The van der Waals surface area contributed by atoms with Gasteiger partial charge in [-0.15, -0.1) is 0 Å². The van der Waals surface area contributed by atoms with E-state index in [0.29, 0.717) is 6.04 Å². The number of hydrogen-bond acceptors (Lipinski definition) is 2. The molecule has 0 bridgehead atoms. The van der Waals surface area contributed by atoms with E-state index in [1.54, 1.807) is 7.11 Å². The number of benzene rings is 1. The maximum atomic E-state index is 5.46. The zero-order valence-electron chi connectivity index (χ0n) is 12.3. The molecular weight excluding hydrogens is 234 g/mol. The Balaban J connectivity index is 1.92. The Morgan fingerprint density at radius 3 is 2.79 bits per heavy atom. The highest BCUT2D eigenvalue weighted by atomic mass is 16.5. The van der Waals surface area contributed by atoms with Crippen molar-refractivity contribution < 1.29 is 4.74 Å². The fourth-order valence-electron chi connectivity index (χ4n) is 2.61. The number of nitrogens with one attached hydrogen (secondary N) is 1. The summed E-state index contributed by atoms with van der Waals surface area (Å²) in [5.41, 5.74) is 1.33. The van der Waals surface area contributed by atoms with E-state index in [9.17, 15) is 0 Å². The number of rotatable bonds is 9. The molecule has 1 atom stereocenters. The van der Waals surface area contributed by atoms with E-state index in [0.717, 1.165) is 24.6 Å². The minimum atomic E-state index is 0.594. The molecule has 1 aliphatic rings. The molecule has 0 heterocycles. The van der Waals surface area contributed by atoms with Gasteiger partial charge in [-0.25, -0.2) is 0 Å². The Hall–Kier alpha value is -1.02. The molecule has 19 heavy (non-hydrogen) atoms. The van der Waals surface area contributed by atoms with E-state index in [2.05, 4.69) is 30.4 Å². The molecular formula is C17H27NO. The van der Waals surface area contributed by atoms with Crippen LogP contribution < -0.4 is 10.1 Å². The zero-order valence-corrected chi connectivity index (χ0v) is 12.3. The van der Waals surface area contributed by atoms with Crippen LogP contribution in [0.5, 0.6) is 5.75 Å². The van der Waals surface area contributed by atoms with Crippen molar-refractivity contribution in [2.24, 2.45) is 5.92 Å². The molecule has 0 saturated heterocycles. The van der Waals surface area contributed by atoms with Crippen LogP contribution in [-0.4, -0.2) is 19.7 Å². The SMILES string of the molecule is CCCNC(CCC1CC1)Cc1ccccc1OC. The van der Waals surface area contributed by atoms with Crippen molar-refractivity contribution in [2.45, 2.75) is 51.5 Å². The smallest absolute Gasteiger partial charge is 0.122 e. The van der Waals surface area contributed by atoms with Gasteiger partial charge in [0.2, 0.25) is 0 Å². The third kappa shape index (κ3) is 4.87. The number of para-hydroxylation sites is 1. The predicted octanol–water partition coefficient (Wildman–Crippen LogP) is 3.80. The first-order valence-electron chi connectivity index (χ1n) is 7.68. The van der Waals surface area contributed by atoms with E-state index in [1.807, 2.05) is 6.07 Å². The molecule has 1 aromatic rings. The molecule has 1 saturated carbocycles. The third-order valence-corrected chi connectivity index (χ3v) is 3.96. The van der Waals surface area contributed by atoms with Gasteiger partial charge >= 0.3 is 0 Å². The second kappa shape index (κ2) is 7.54. The van der Waals surface area contributed by atoms with Crippen LogP contribution in [0.4, 0.5) is 0 Å². The van der Waals surface area contributed by atoms with Gasteiger partial charge in [0.05, 0.1) is 7.11 Å². The minimum Gasteiger partial charge on any atom is -0.496 e. The van der Waals surface area contributed by atoms with Crippen LogP contribution in [0.15, 0.2) is 24.3 Å². The lowest BCUT2D eigenvalue weighted by Gasteiger charge is -2.20. The van der Waals surface area contributed by atoms with E-state index < -0.39 is 0 Å². The summed E-state index contributed by atoms with van der Waals surface area (Å²) in [4.78, 5) is 0. The van der Waals surface area contributed by atoms with Gasteiger partial charge in [0.15, 0.2) is 0 Å². The topological polar surface area (TPSA) is 21.3 Å². The average molecular weight is 261 g/mol. The van der Waals surface area contributed by atoms with Gasteiger partial charge in [-0.05, 0) is 49.8 Å². The first-order chi connectivity index (χ1) is 9.33. The summed E-state index contributed by atoms with van der Waals surface area (Å²) in [6, 6.07) is 9.00. The highest BCUT2D eigenvalue weighted by Crippen LogP contribution is 2.34. The first kappa shape index (κ1) is 14.4. The van der Waals surface area contributed by atoms with Crippen molar-refractivity contribution in [3.05, 3.63) is 29.8 Å². The van der Waals surface area contributed by atoms with Gasteiger partial charge in [-0.2, -0.15) is 0 Å². The molecule has 106 valence electrons. The lowest BCUT2D eigenvalue weighted by atomic mass is 9.99. The molecule has 2 heteroatoms. The molecule has 2 nitrogen and oxygen atoms in total.